The number of nitrogens with two attached hydrogens (primary N) is 2. The first-order valence-electron chi connectivity index (χ1n) is 6.27. The molecule has 1 aromatic carbocycles. The van der Waals surface area contributed by atoms with E-state index in [0.29, 0.717) is 0 Å². The third kappa shape index (κ3) is 5.17. The second kappa shape index (κ2) is 8.17. The fourth-order valence-corrected chi connectivity index (χ4v) is 1.80. The van der Waals surface area contributed by atoms with Gasteiger partial charge in [-0.25, -0.2) is 0 Å². The summed E-state index contributed by atoms with van der Waals surface area (Å²) in [6.07, 6.45) is 8.48. The van der Waals surface area contributed by atoms with Crippen LogP contribution < -0.4 is 11.1 Å². The molecule has 0 saturated heterocycles. The maximum absolute atomic E-state index is 5.88. The van der Waals surface area contributed by atoms with E-state index in [1.165, 1.54) is 31.4 Å². The van der Waals surface area contributed by atoms with Crippen LogP contribution in [0.1, 0.15) is 31.2 Å². The molecule has 0 aliphatic heterocycles. The molecule has 0 heterocycles. The molecule has 0 fully saturated rings. The molecule has 0 amide bonds. The van der Waals surface area contributed by atoms with Crippen molar-refractivity contribution in [1.29, 1.82) is 0 Å². The Bertz CT molecular complexity index is 284. The number of hydrogen-bond donors (Lipinski definition) is 2. The lowest BCUT2D eigenvalue weighted by Crippen LogP contribution is -2.79. The minimum Gasteiger partial charge on any atom is -0.399 e. The molecule has 89 valence electrons. The van der Waals surface area contributed by atoms with Crippen LogP contribution in [0.25, 0.3) is 0 Å². The lowest BCUT2D eigenvalue weighted by Gasteiger charge is -2.04. The fourth-order valence-electron chi connectivity index (χ4n) is 1.80. The number of hydrogen-bond acceptors (Lipinski definition) is 1. The molecule has 1 rings (SSSR count). The highest BCUT2D eigenvalue weighted by molar-refractivity contribution is 5.46. The fraction of sp³-hybridized carbons (Fsp3) is 0.500. The largest absolute Gasteiger partial charge is 0.399 e. The third-order valence-electron chi connectivity index (χ3n) is 2.82. The summed E-state index contributed by atoms with van der Waals surface area (Å²) in [4.78, 5) is 0. The van der Waals surface area contributed by atoms with Crippen LogP contribution in [0, 0.1) is 6.42 Å². The molecule has 1 aromatic rings. The van der Waals surface area contributed by atoms with Crippen molar-refractivity contribution >= 4 is 5.69 Å². The SMILES string of the molecule is C[NH2+]CCCC[CH]CCc1ccccc1N. The van der Waals surface area contributed by atoms with E-state index in [1.807, 2.05) is 12.1 Å². The molecule has 0 saturated carbocycles. The highest BCUT2D eigenvalue weighted by atomic mass is 14.8. The summed E-state index contributed by atoms with van der Waals surface area (Å²) in [7, 11) is 2.13. The average Bonchev–Trinajstić information content (AvgIpc) is 2.30. The van der Waals surface area contributed by atoms with E-state index < -0.39 is 0 Å². The number of rotatable bonds is 8. The molecule has 0 unspecified atom stereocenters. The summed E-state index contributed by atoms with van der Waals surface area (Å²) < 4.78 is 0. The van der Waals surface area contributed by atoms with E-state index in [2.05, 4.69) is 30.9 Å². The lowest BCUT2D eigenvalue weighted by molar-refractivity contribution is -0.627. The van der Waals surface area contributed by atoms with Crippen LogP contribution in [0.3, 0.4) is 0 Å². The normalized spacial score (nSPS) is 10.6. The smallest absolute Gasteiger partial charge is 0.0753 e. The molecular formula is C14H24N2+. The van der Waals surface area contributed by atoms with E-state index in [4.69, 9.17) is 5.73 Å². The molecule has 0 atom stereocenters. The molecule has 0 aliphatic rings. The summed E-state index contributed by atoms with van der Waals surface area (Å²) in [6, 6.07) is 8.15. The van der Waals surface area contributed by atoms with E-state index in [0.717, 1.165) is 18.5 Å². The number of nitrogen functional groups attached to an aromatic ring is 1. The molecule has 4 N–H and O–H groups in total. The molecule has 2 heteroatoms. The Kier molecular flexibility index (Phi) is 6.66. The number of quaternary nitrogens is 1. The predicted octanol–water partition coefficient (Wildman–Crippen LogP) is 1.77. The van der Waals surface area contributed by atoms with Gasteiger partial charge in [0.15, 0.2) is 0 Å². The van der Waals surface area contributed by atoms with Gasteiger partial charge in [0.2, 0.25) is 0 Å². The van der Waals surface area contributed by atoms with Crippen molar-refractivity contribution in [2.45, 2.75) is 32.1 Å². The van der Waals surface area contributed by atoms with Gasteiger partial charge in [-0.05, 0) is 50.2 Å². The minimum atomic E-state index is 0.927. The van der Waals surface area contributed by atoms with Crippen molar-refractivity contribution in [3.63, 3.8) is 0 Å². The second-order valence-electron chi connectivity index (χ2n) is 4.22. The second-order valence-corrected chi connectivity index (χ2v) is 4.22. The minimum absolute atomic E-state index is 0.927. The van der Waals surface area contributed by atoms with Crippen LogP contribution in [0.5, 0.6) is 0 Å². The van der Waals surface area contributed by atoms with Gasteiger partial charge in [-0.3, -0.25) is 0 Å². The first-order valence-corrected chi connectivity index (χ1v) is 6.27. The Balaban J connectivity index is 2.05. The molecular weight excluding hydrogens is 196 g/mol. The summed E-state index contributed by atoms with van der Waals surface area (Å²) in [5, 5.41) is 2.24. The van der Waals surface area contributed by atoms with Gasteiger partial charge in [0, 0.05) is 5.69 Å². The third-order valence-corrected chi connectivity index (χ3v) is 2.82. The van der Waals surface area contributed by atoms with Gasteiger partial charge in [0.25, 0.3) is 0 Å². The molecule has 2 nitrogen and oxygen atoms in total. The van der Waals surface area contributed by atoms with Gasteiger partial charge in [-0.1, -0.05) is 18.2 Å². The summed E-state index contributed by atoms with van der Waals surface area (Å²) in [5.74, 6) is 0. The first kappa shape index (κ1) is 13.0. The van der Waals surface area contributed by atoms with Crippen molar-refractivity contribution in [1.82, 2.24) is 0 Å². The summed E-state index contributed by atoms with van der Waals surface area (Å²) in [6.45, 7) is 1.25. The number of benzene rings is 1. The Hall–Kier alpha value is -1.02. The molecule has 0 spiro atoms. The van der Waals surface area contributed by atoms with Crippen molar-refractivity contribution < 1.29 is 5.32 Å². The monoisotopic (exact) mass is 220 g/mol. The van der Waals surface area contributed by atoms with Crippen molar-refractivity contribution in [3.05, 3.63) is 36.2 Å². The van der Waals surface area contributed by atoms with Crippen LogP contribution in [0.2, 0.25) is 0 Å². The van der Waals surface area contributed by atoms with Crippen LogP contribution in [-0.2, 0) is 6.42 Å². The van der Waals surface area contributed by atoms with E-state index in [9.17, 15) is 0 Å². The van der Waals surface area contributed by atoms with Crippen LogP contribution in [-0.4, -0.2) is 13.6 Å². The van der Waals surface area contributed by atoms with Crippen LogP contribution >= 0.6 is 0 Å². The zero-order valence-corrected chi connectivity index (χ0v) is 10.3. The Morgan fingerprint density at radius 1 is 1.19 bits per heavy atom. The van der Waals surface area contributed by atoms with Crippen molar-refractivity contribution in [2.24, 2.45) is 0 Å². The molecule has 0 bridgehead atoms. The van der Waals surface area contributed by atoms with E-state index >= 15 is 0 Å². The van der Waals surface area contributed by atoms with Crippen LogP contribution in [0.15, 0.2) is 24.3 Å². The predicted molar refractivity (Wildman–Crippen MR) is 70.0 cm³/mol. The van der Waals surface area contributed by atoms with Crippen LogP contribution in [0.4, 0.5) is 5.69 Å². The topological polar surface area (TPSA) is 42.6 Å². The molecule has 0 aromatic heterocycles. The Morgan fingerprint density at radius 2 is 2.00 bits per heavy atom. The standard InChI is InChI=1S/C14H23N2/c1-16-12-8-4-2-3-5-9-13-10-6-7-11-14(13)15/h3,6-7,10-11,16H,2,4-5,8-9,12,15H2,1H3/p+1. The Morgan fingerprint density at radius 3 is 2.75 bits per heavy atom. The highest BCUT2D eigenvalue weighted by Gasteiger charge is 1.97. The van der Waals surface area contributed by atoms with Gasteiger partial charge in [0.05, 0.1) is 13.6 Å². The van der Waals surface area contributed by atoms with E-state index in [-0.39, 0.29) is 0 Å². The van der Waals surface area contributed by atoms with Gasteiger partial charge in [-0.2, -0.15) is 0 Å². The average molecular weight is 220 g/mol. The number of para-hydroxylation sites is 1. The number of anilines is 1. The maximum atomic E-state index is 5.88. The van der Waals surface area contributed by atoms with Crippen molar-refractivity contribution in [3.8, 4) is 0 Å². The van der Waals surface area contributed by atoms with Gasteiger partial charge < -0.3 is 11.1 Å². The quantitative estimate of drug-likeness (QED) is 0.509. The van der Waals surface area contributed by atoms with Gasteiger partial charge >= 0.3 is 0 Å². The van der Waals surface area contributed by atoms with E-state index in [1.54, 1.807) is 0 Å². The molecule has 1 radical (unpaired) electrons. The summed E-state index contributed by atoms with van der Waals surface area (Å²) in [5.41, 5.74) is 8.09. The van der Waals surface area contributed by atoms with Gasteiger partial charge in [0.1, 0.15) is 0 Å². The summed E-state index contributed by atoms with van der Waals surface area (Å²) >= 11 is 0. The zero-order valence-electron chi connectivity index (χ0n) is 10.3. The molecule has 0 aliphatic carbocycles. The Labute approximate surface area is 99.2 Å². The number of aryl methyl sites for hydroxylation is 1. The lowest BCUT2D eigenvalue weighted by atomic mass is 10.0. The number of unbranched alkanes of at least 4 members (excludes halogenated alkanes) is 4. The molecule has 16 heavy (non-hydrogen) atoms. The maximum Gasteiger partial charge on any atom is 0.0753 e. The zero-order chi connectivity index (χ0) is 11.6. The highest BCUT2D eigenvalue weighted by Crippen LogP contribution is 2.14. The van der Waals surface area contributed by atoms with Gasteiger partial charge in [-0.15, -0.1) is 0 Å². The van der Waals surface area contributed by atoms with Crippen molar-refractivity contribution in [2.75, 3.05) is 19.3 Å². The first-order chi connectivity index (χ1) is 7.84.